The Labute approximate surface area is 287 Å². The molecule has 0 aromatic heterocycles. The number of aliphatic hydroxyl groups excluding tert-OH is 2. The maximum absolute atomic E-state index is 13.1. The van der Waals surface area contributed by atoms with Crippen molar-refractivity contribution < 1.29 is 33.2 Å². The van der Waals surface area contributed by atoms with E-state index in [2.05, 4.69) is 4.72 Å². The summed E-state index contributed by atoms with van der Waals surface area (Å²) >= 11 is 0. The van der Waals surface area contributed by atoms with Crippen molar-refractivity contribution in [3.8, 4) is 5.75 Å². The van der Waals surface area contributed by atoms with Gasteiger partial charge >= 0.3 is 0 Å². The lowest BCUT2D eigenvalue weighted by Gasteiger charge is -2.44. The van der Waals surface area contributed by atoms with E-state index in [1.54, 1.807) is 60.7 Å². The molecule has 49 heavy (non-hydrogen) atoms. The van der Waals surface area contributed by atoms with E-state index in [1.165, 1.54) is 12.1 Å². The molecular formula is C39H40N2O7S. The Morgan fingerprint density at radius 2 is 1.45 bits per heavy atom. The first kappa shape index (κ1) is 34.3. The van der Waals surface area contributed by atoms with Gasteiger partial charge in [0.05, 0.1) is 29.8 Å². The molecular weight excluding hydrogens is 641 g/mol. The van der Waals surface area contributed by atoms with Gasteiger partial charge in [-0.1, -0.05) is 97.1 Å². The van der Waals surface area contributed by atoms with Crippen LogP contribution in [0.5, 0.6) is 5.75 Å². The molecule has 1 heterocycles. The van der Waals surface area contributed by atoms with Crippen LogP contribution in [0.4, 0.5) is 5.69 Å². The Bertz CT molecular complexity index is 1920. The number of rotatable bonds is 12. The SMILES string of the molecule is CN(C[C@@H](O)c1cccc(O)c1)C[C@H]1OC(c2cccc(NS(=O)(=O)c3ccccc3)c2)O[C@@H](c2ccc(CO)cc2)[C@@H]1c1ccccc1. The fraction of sp³-hybridized carbons (Fsp3) is 0.231. The second kappa shape index (κ2) is 15.3. The van der Waals surface area contributed by atoms with Crippen LogP contribution in [-0.4, -0.2) is 54.9 Å². The average Bonchev–Trinajstić information content (AvgIpc) is 3.12. The molecule has 0 bridgehead atoms. The predicted octanol–water partition coefficient (Wildman–Crippen LogP) is 6.29. The monoisotopic (exact) mass is 680 g/mol. The van der Waals surface area contributed by atoms with Crippen LogP contribution in [0, 0.1) is 0 Å². The van der Waals surface area contributed by atoms with Crippen molar-refractivity contribution in [2.24, 2.45) is 0 Å². The van der Waals surface area contributed by atoms with Crippen LogP contribution in [0.25, 0.3) is 0 Å². The summed E-state index contributed by atoms with van der Waals surface area (Å²) in [7, 11) is -1.92. The Balaban J connectivity index is 1.34. The smallest absolute Gasteiger partial charge is 0.261 e. The molecule has 4 N–H and O–H groups in total. The lowest BCUT2D eigenvalue weighted by molar-refractivity contribution is -0.263. The zero-order valence-corrected chi connectivity index (χ0v) is 27.9. The summed E-state index contributed by atoms with van der Waals surface area (Å²) in [6, 6.07) is 39.4. The van der Waals surface area contributed by atoms with Crippen molar-refractivity contribution in [2.75, 3.05) is 24.9 Å². The topological polar surface area (TPSA) is 129 Å². The van der Waals surface area contributed by atoms with Gasteiger partial charge in [-0.25, -0.2) is 8.42 Å². The third kappa shape index (κ3) is 8.37. The Hall–Kier alpha value is -4.55. The molecule has 0 amide bonds. The van der Waals surface area contributed by atoms with Crippen LogP contribution in [0.15, 0.2) is 138 Å². The lowest BCUT2D eigenvalue weighted by Crippen LogP contribution is -2.44. The number of likely N-dealkylation sites (N-methyl/N-ethyl adjacent to an activating group) is 1. The van der Waals surface area contributed by atoms with E-state index in [0.717, 1.165) is 16.7 Å². The molecule has 1 saturated heterocycles. The van der Waals surface area contributed by atoms with Gasteiger partial charge < -0.3 is 29.7 Å². The van der Waals surface area contributed by atoms with E-state index in [1.807, 2.05) is 72.6 Å². The van der Waals surface area contributed by atoms with Gasteiger partial charge in [0.15, 0.2) is 6.29 Å². The molecule has 0 aliphatic carbocycles. The first-order valence-corrected chi connectivity index (χ1v) is 17.6. The third-order valence-electron chi connectivity index (χ3n) is 8.67. The lowest BCUT2D eigenvalue weighted by atomic mass is 9.83. The number of nitrogens with zero attached hydrogens (tertiary/aromatic N) is 1. The second-order valence-corrected chi connectivity index (χ2v) is 14.0. The predicted molar refractivity (Wildman–Crippen MR) is 187 cm³/mol. The minimum atomic E-state index is -3.83. The number of hydrogen-bond donors (Lipinski definition) is 4. The Kier molecular flexibility index (Phi) is 10.7. The van der Waals surface area contributed by atoms with Crippen molar-refractivity contribution in [1.82, 2.24) is 4.90 Å². The van der Waals surface area contributed by atoms with Crippen molar-refractivity contribution in [3.05, 3.63) is 161 Å². The number of benzene rings is 5. The molecule has 9 nitrogen and oxygen atoms in total. The summed E-state index contributed by atoms with van der Waals surface area (Å²) in [6.07, 6.45) is -2.63. The molecule has 0 spiro atoms. The zero-order chi connectivity index (χ0) is 34.4. The number of aliphatic hydroxyl groups is 2. The Morgan fingerprint density at radius 1 is 0.776 bits per heavy atom. The minimum Gasteiger partial charge on any atom is -0.508 e. The van der Waals surface area contributed by atoms with Crippen molar-refractivity contribution in [3.63, 3.8) is 0 Å². The maximum Gasteiger partial charge on any atom is 0.261 e. The molecule has 0 radical (unpaired) electrons. The van der Waals surface area contributed by atoms with Gasteiger partial charge in [0, 0.05) is 30.3 Å². The van der Waals surface area contributed by atoms with Gasteiger partial charge in [-0.2, -0.15) is 0 Å². The summed E-state index contributed by atoms with van der Waals surface area (Å²) < 4.78 is 42.5. The van der Waals surface area contributed by atoms with E-state index in [4.69, 9.17) is 9.47 Å². The summed E-state index contributed by atoms with van der Waals surface area (Å²) in [5.74, 6) is -0.181. The number of hydrogen-bond acceptors (Lipinski definition) is 8. The van der Waals surface area contributed by atoms with Crippen LogP contribution in [-0.2, 0) is 26.1 Å². The van der Waals surface area contributed by atoms with E-state index in [-0.39, 0.29) is 29.7 Å². The van der Waals surface area contributed by atoms with Gasteiger partial charge in [-0.05, 0) is 65.7 Å². The zero-order valence-electron chi connectivity index (χ0n) is 27.0. The summed E-state index contributed by atoms with van der Waals surface area (Å²) in [5, 5.41) is 30.7. The minimum absolute atomic E-state index is 0.0831. The number of aromatic hydroxyl groups is 1. The van der Waals surface area contributed by atoms with E-state index < -0.39 is 34.6 Å². The number of phenolic OH excluding ortho intramolecular Hbond substituents is 1. The number of phenols is 1. The molecule has 5 aromatic rings. The first-order valence-electron chi connectivity index (χ1n) is 16.1. The van der Waals surface area contributed by atoms with Crippen molar-refractivity contribution >= 4 is 15.7 Å². The van der Waals surface area contributed by atoms with Crippen LogP contribution < -0.4 is 4.72 Å². The quantitative estimate of drug-likeness (QED) is 0.121. The number of nitrogens with one attached hydrogen (secondary N) is 1. The van der Waals surface area contributed by atoms with Crippen molar-refractivity contribution in [1.29, 1.82) is 0 Å². The fourth-order valence-corrected chi connectivity index (χ4v) is 7.31. The van der Waals surface area contributed by atoms with Gasteiger partial charge in [0.2, 0.25) is 0 Å². The molecule has 5 aromatic carbocycles. The maximum atomic E-state index is 13.1. The molecule has 1 aliphatic heterocycles. The number of sulfonamides is 1. The summed E-state index contributed by atoms with van der Waals surface area (Å²) in [4.78, 5) is 2.15. The highest BCUT2D eigenvalue weighted by atomic mass is 32.2. The van der Waals surface area contributed by atoms with E-state index in [0.29, 0.717) is 23.4 Å². The molecule has 5 atom stereocenters. The second-order valence-electron chi connectivity index (χ2n) is 12.3. The third-order valence-corrected chi connectivity index (χ3v) is 10.1. The molecule has 1 aliphatic rings. The fourth-order valence-electron chi connectivity index (χ4n) is 6.24. The van der Waals surface area contributed by atoms with E-state index in [9.17, 15) is 23.7 Å². The summed E-state index contributed by atoms with van der Waals surface area (Å²) in [5.41, 5.74) is 4.28. The molecule has 10 heteroatoms. The van der Waals surface area contributed by atoms with E-state index >= 15 is 0 Å². The average molecular weight is 681 g/mol. The van der Waals surface area contributed by atoms with Crippen LogP contribution >= 0.6 is 0 Å². The van der Waals surface area contributed by atoms with Gasteiger partial charge in [0.25, 0.3) is 10.0 Å². The normalized spacial score (nSPS) is 20.2. The highest BCUT2D eigenvalue weighted by Crippen LogP contribution is 2.47. The van der Waals surface area contributed by atoms with Gasteiger partial charge in [-0.15, -0.1) is 0 Å². The van der Waals surface area contributed by atoms with Gasteiger partial charge in [-0.3, -0.25) is 4.72 Å². The molecule has 1 unspecified atom stereocenters. The molecule has 254 valence electrons. The number of anilines is 1. The Morgan fingerprint density at radius 3 is 2.14 bits per heavy atom. The first-order chi connectivity index (χ1) is 23.7. The van der Waals surface area contributed by atoms with Crippen LogP contribution in [0.2, 0.25) is 0 Å². The molecule has 1 fully saturated rings. The summed E-state index contributed by atoms with van der Waals surface area (Å²) in [6.45, 7) is 0.615. The largest absolute Gasteiger partial charge is 0.508 e. The highest BCUT2D eigenvalue weighted by molar-refractivity contribution is 7.92. The van der Waals surface area contributed by atoms with Gasteiger partial charge in [0.1, 0.15) is 5.75 Å². The van der Waals surface area contributed by atoms with Crippen LogP contribution in [0.3, 0.4) is 0 Å². The molecule has 0 saturated carbocycles. The number of ether oxygens (including phenoxy) is 2. The van der Waals surface area contributed by atoms with Crippen molar-refractivity contribution in [2.45, 2.75) is 42.0 Å². The van der Waals surface area contributed by atoms with Crippen LogP contribution in [0.1, 0.15) is 52.2 Å². The molecule has 6 rings (SSSR count). The standard InChI is InChI=1S/C39H40N2O7S/c1-41(24-35(44)30-12-9-15-33(43)23-30)25-36-37(28-10-4-2-5-11-28)38(29-20-18-27(26-42)19-21-29)48-39(47-36)31-13-8-14-32(22-31)40-49(45,46)34-16-6-3-7-17-34/h2-23,35-40,42-44H,24-26H2,1H3/t35-,36-,37-,38+,39?/m1/s1. The highest BCUT2D eigenvalue weighted by Gasteiger charge is 2.42.